The second kappa shape index (κ2) is 9.41. The number of aromatic nitrogens is 3. The fourth-order valence-electron chi connectivity index (χ4n) is 3.54. The SMILES string of the molecule is COC(=O)c1cc(-n2cc(-c3ccc(C(F)(F)F)cc3)nn2)cc(-c2ccccc2)c1NC(C)=O. The van der Waals surface area contributed by atoms with E-state index in [4.69, 9.17) is 4.74 Å². The summed E-state index contributed by atoms with van der Waals surface area (Å²) < 4.78 is 44.9. The lowest BCUT2D eigenvalue weighted by Crippen LogP contribution is -2.14. The molecule has 1 aromatic heterocycles. The fraction of sp³-hybridized carbons (Fsp3) is 0.120. The van der Waals surface area contributed by atoms with Gasteiger partial charge in [0.15, 0.2) is 0 Å². The highest BCUT2D eigenvalue weighted by atomic mass is 19.4. The Balaban J connectivity index is 1.83. The number of nitrogens with zero attached hydrogens (tertiary/aromatic N) is 3. The van der Waals surface area contributed by atoms with Crippen molar-refractivity contribution in [2.45, 2.75) is 13.1 Å². The van der Waals surface area contributed by atoms with E-state index in [0.29, 0.717) is 22.5 Å². The van der Waals surface area contributed by atoms with Crippen LogP contribution in [0.25, 0.3) is 28.1 Å². The number of anilines is 1. The molecule has 0 spiro atoms. The normalized spacial score (nSPS) is 11.2. The van der Waals surface area contributed by atoms with Crippen LogP contribution in [0.3, 0.4) is 0 Å². The van der Waals surface area contributed by atoms with E-state index in [-0.39, 0.29) is 17.2 Å². The van der Waals surface area contributed by atoms with Gasteiger partial charge in [0, 0.05) is 18.1 Å². The lowest BCUT2D eigenvalue weighted by molar-refractivity contribution is -0.137. The van der Waals surface area contributed by atoms with Crippen molar-refractivity contribution < 1.29 is 27.5 Å². The molecule has 0 aliphatic rings. The molecule has 0 saturated heterocycles. The van der Waals surface area contributed by atoms with Crippen LogP contribution in [0.2, 0.25) is 0 Å². The summed E-state index contributed by atoms with van der Waals surface area (Å²) in [6, 6.07) is 16.9. The lowest BCUT2D eigenvalue weighted by Gasteiger charge is -2.16. The fourth-order valence-corrected chi connectivity index (χ4v) is 3.54. The molecule has 1 N–H and O–H groups in total. The maximum atomic E-state index is 12.9. The summed E-state index contributed by atoms with van der Waals surface area (Å²) in [5.74, 6) is -1.04. The number of benzene rings is 3. The number of nitrogens with one attached hydrogen (secondary N) is 1. The number of ether oxygens (including phenoxy) is 1. The van der Waals surface area contributed by atoms with Crippen LogP contribution in [0.15, 0.2) is 72.9 Å². The van der Waals surface area contributed by atoms with Crippen molar-refractivity contribution in [2.24, 2.45) is 0 Å². The van der Waals surface area contributed by atoms with Gasteiger partial charge in [-0.3, -0.25) is 4.79 Å². The van der Waals surface area contributed by atoms with E-state index >= 15 is 0 Å². The van der Waals surface area contributed by atoms with Gasteiger partial charge in [0.25, 0.3) is 0 Å². The molecule has 3 aromatic carbocycles. The molecule has 1 heterocycles. The first kappa shape index (κ1) is 23.7. The first-order valence-corrected chi connectivity index (χ1v) is 10.4. The zero-order valence-electron chi connectivity index (χ0n) is 18.6. The van der Waals surface area contributed by atoms with E-state index in [1.54, 1.807) is 6.07 Å². The molecule has 0 bridgehead atoms. The Labute approximate surface area is 198 Å². The van der Waals surface area contributed by atoms with E-state index in [9.17, 15) is 22.8 Å². The third-order valence-electron chi connectivity index (χ3n) is 5.18. The van der Waals surface area contributed by atoms with E-state index in [2.05, 4.69) is 15.6 Å². The number of alkyl halides is 3. The van der Waals surface area contributed by atoms with Crippen LogP contribution >= 0.6 is 0 Å². The van der Waals surface area contributed by atoms with Gasteiger partial charge in [-0.2, -0.15) is 13.2 Å². The lowest BCUT2D eigenvalue weighted by atomic mass is 9.98. The van der Waals surface area contributed by atoms with Crippen molar-refractivity contribution in [1.29, 1.82) is 0 Å². The maximum Gasteiger partial charge on any atom is 0.416 e. The van der Waals surface area contributed by atoms with Crippen molar-refractivity contribution in [3.8, 4) is 28.1 Å². The molecule has 4 rings (SSSR count). The van der Waals surface area contributed by atoms with Crippen LogP contribution in [0.1, 0.15) is 22.8 Å². The molecule has 0 aliphatic heterocycles. The highest BCUT2D eigenvalue weighted by molar-refractivity contribution is 6.06. The summed E-state index contributed by atoms with van der Waals surface area (Å²) in [7, 11) is 1.23. The Hall–Kier alpha value is -4.47. The maximum absolute atomic E-state index is 12.9. The van der Waals surface area contributed by atoms with Crippen LogP contribution < -0.4 is 5.32 Å². The average molecular weight is 480 g/mol. The molecule has 0 unspecified atom stereocenters. The molecule has 0 aliphatic carbocycles. The van der Waals surface area contributed by atoms with Gasteiger partial charge < -0.3 is 10.1 Å². The monoisotopic (exact) mass is 480 g/mol. The van der Waals surface area contributed by atoms with Crippen molar-refractivity contribution in [1.82, 2.24) is 15.0 Å². The molecule has 0 atom stereocenters. The highest BCUT2D eigenvalue weighted by Gasteiger charge is 2.30. The molecule has 178 valence electrons. The zero-order chi connectivity index (χ0) is 25.2. The Morgan fingerprint density at radius 2 is 1.66 bits per heavy atom. The first-order valence-electron chi connectivity index (χ1n) is 10.4. The number of halogens is 3. The summed E-state index contributed by atoms with van der Waals surface area (Å²) in [5, 5.41) is 10.9. The van der Waals surface area contributed by atoms with Crippen molar-refractivity contribution in [3.63, 3.8) is 0 Å². The van der Waals surface area contributed by atoms with Crippen LogP contribution in [0.4, 0.5) is 18.9 Å². The van der Waals surface area contributed by atoms with Crippen LogP contribution in [0, 0.1) is 0 Å². The van der Waals surface area contributed by atoms with E-state index < -0.39 is 17.7 Å². The molecule has 4 aromatic rings. The molecule has 1 amide bonds. The van der Waals surface area contributed by atoms with E-state index in [1.807, 2.05) is 30.3 Å². The minimum atomic E-state index is -4.44. The number of carbonyl (C=O) groups is 2. The van der Waals surface area contributed by atoms with Crippen LogP contribution in [-0.4, -0.2) is 34.0 Å². The Kier molecular flexibility index (Phi) is 6.37. The topological polar surface area (TPSA) is 86.1 Å². The smallest absolute Gasteiger partial charge is 0.416 e. The second-order valence-electron chi connectivity index (χ2n) is 7.58. The average Bonchev–Trinajstić information content (AvgIpc) is 3.34. The van der Waals surface area contributed by atoms with Gasteiger partial charge in [0.05, 0.1) is 35.8 Å². The molecule has 10 heteroatoms. The summed E-state index contributed by atoms with van der Waals surface area (Å²) >= 11 is 0. The van der Waals surface area contributed by atoms with Gasteiger partial charge >= 0.3 is 12.1 Å². The van der Waals surface area contributed by atoms with Crippen molar-refractivity contribution >= 4 is 17.6 Å². The van der Waals surface area contributed by atoms with Crippen LogP contribution in [-0.2, 0) is 15.7 Å². The second-order valence-corrected chi connectivity index (χ2v) is 7.58. The molecule has 0 saturated carbocycles. The number of amides is 1. The summed E-state index contributed by atoms with van der Waals surface area (Å²) in [5.41, 5.74) is 2.10. The largest absolute Gasteiger partial charge is 0.465 e. The Morgan fingerprint density at radius 3 is 2.26 bits per heavy atom. The van der Waals surface area contributed by atoms with Gasteiger partial charge in [0.2, 0.25) is 5.91 Å². The summed E-state index contributed by atoms with van der Waals surface area (Å²) in [6.45, 7) is 1.33. The number of carbonyl (C=O) groups excluding carboxylic acids is 2. The number of rotatable bonds is 5. The van der Waals surface area contributed by atoms with Crippen molar-refractivity contribution in [3.05, 3.63) is 84.1 Å². The minimum absolute atomic E-state index is 0.102. The third-order valence-corrected chi connectivity index (χ3v) is 5.18. The van der Waals surface area contributed by atoms with Gasteiger partial charge in [0.1, 0.15) is 5.69 Å². The predicted molar refractivity (Wildman–Crippen MR) is 123 cm³/mol. The number of hydrogen-bond acceptors (Lipinski definition) is 5. The minimum Gasteiger partial charge on any atom is -0.465 e. The molecular formula is C25H19F3N4O3. The quantitative estimate of drug-likeness (QED) is 0.389. The van der Waals surface area contributed by atoms with Crippen molar-refractivity contribution in [2.75, 3.05) is 12.4 Å². The predicted octanol–water partition coefficient (Wildman–Crippen LogP) is 5.37. The first-order chi connectivity index (χ1) is 16.7. The van der Waals surface area contributed by atoms with Gasteiger partial charge in [-0.05, 0) is 29.8 Å². The van der Waals surface area contributed by atoms with Gasteiger partial charge in [-0.15, -0.1) is 5.10 Å². The third kappa shape index (κ3) is 5.06. The van der Waals surface area contributed by atoms with Gasteiger partial charge in [-0.1, -0.05) is 47.7 Å². The molecule has 0 fully saturated rings. The van der Waals surface area contributed by atoms with Gasteiger partial charge in [-0.25, -0.2) is 9.48 Å². The zero-order valence-corrected chi connectivity index (χ0v) is 18.6. The summed E-state index contributed by atoms with van der Waals surface area (Å²) in [6.07, 6.45) is -2.91. The highest BCUT2D eigenvalue weighted by Crippen LogP contribution is 2.35. The number of methoxy groups -OCH3 is 1. The van der Waals surface area contributed by atoms with E-state index in [0.717, 1.165) is 17.7 Å². The van der Waals surface area contributed by atoms with Crippen LogP contribution in [0.5, 0.6) is 0 Å². The number of hydrogen-bond donors (Lipinski definition) is 1. The number of esters is 1. The molecule has 7 nitrogen and oxygen atoms in total. The standard InChI is InChI=1S/C25H19F3N4O3/c1-15(33)29-23-20(16-6-4-3-5-7-16)12-19(13-21(23)24(34)35-2)32-14-22(30-31-32)17-8-10-18(11-9-17)25(26,27)28/h3-14H,1-2H3,(H,29,33). The summed E-state index contributed by atoms with van der Waals surface area (Å²) in [4.78, 5) is 24.5. The molecule has 35 heavy (non-hydrogen) atoms. The Morgan fingerprint density at radius 1 is 0.971 bits per heavy atom. The van der Waals surface area contributed by atoms with E-state index in [1.165, 1.54) is 43.1 Å². The molecular weight excluding hydrogens is 461 g/mol. The molecule has 0 radical (unpaired) electrons. The Bertz CT molecular complexity index is 1380.